The highest BCUT2D eigenvalue weighted by atomic mass is 16.5. The molecule has 2 heterocycles. The highest BCUT2D eigenvalue weighted by molar-refractivity contribution is 5.76. The van der Waals surface area contributed by atoms with Gasteiger partial charge in [0.05, 0.1) is 6.26 Å². The monoisotopic (exact) mass is 325 g/mol. The molecule has 3 rings (SSSR count). The van der Waals surface area contributed by atoms with E-state index < -0.39 is 0 Å². The van der Waals surface area contributed by atoms with Gasteiger partial charge < -0.3 is 14.3 Å². The number of rotatable bonds is 8. The van der Waals surface area contributed by atoms with Gasteiger partial charge >= 0.3 is 0 Å². The second-order valence-electron chi connectivity index (χ2n) is 5.41. The van der Waals surface area contributed by atoms with Gasteiger partial charge in [-0.15, -0.1) is 0 Å². The number of aryl methyl sites for hydroxylation is 2. The van der Waals surface area contributed by atoms with Crippen LogP contribution in [0.4, 0.5) is 0 Å². The Bertz CT molecular complexity index is 751. The molecule has 1 N–H and O–H groups in total. The number of amides is 1. The molecule has 1 aromatic carbocycles. The van der Waals surface area contributed by atoms with E-state index in [4.69, 9.17) is 8.94 Å². The van der Waals surface area contributed by atoms with Gasteiger partial charge in [-0.2, -0.15) is 4.98 Å². The zero-order valence-electron chi connectivity index (χ0n) is 13.3. The van der Waals surface area contributed by atoms with Gasteiger partial charge in [-0.05, 0) is 18.6 Å². The molecule has 0 bridgehead atoms. The van der Waals surface area contributed by atoms with Crippen LogP contribution in [0.3, 0.4) is 0 Å². The van der Waals surface area contributed by atoms with Crippen molar-refractivity contribution in [3.8, 4) is 11.4 Å². The summed E-state index contributed by atoms with van der Waals surface area (Å²) in [4.78, 5) is 16.1. The molecule has 0 aliphatic carbocycles. The van der Waals surface area contributed by atoms with Crippen molar-refractivity contribution in [2.45, 2.75) is 25.7 Å². The number of nitrogens with one attached hydrogen (secondary N) is 1. The Hall–Kier alpha value is -2.89. The largest absolute Gasteiger partial charge is 0.469 e. The first-order chi connectivity index (χ1) is 11.8. The van der Waals surface area contributed by atoms with E-state index in [0.717, 1.165) is 17.7 Å². The molecule has 0 atom stereocenters. The molecule has 0 aliphatic rings. The summed E-state index contributed by atoms with van der Waals surface area (Å²) in [6, 6.07) is 13.4. The number of carbonyl (C=O) groups excluding carboxylic acids is 1. The molecule has 24 heavy (non-hydrogen) atoms. The number of aromatic nitrogens is 2. The van der Waals surface area contributed by atoms with Crippen molar-refractivity contribution >= 4 is 5.91 Å². The molecule has 0 fully saturated rings. The summed E-state index contributed by atoms with van der Waals surface area (Å²) < 4.78 is 10.4. The number of carbonyl (C=O) groups is 1. The maximum absolute atomic E-state index is 11.7. The maximum Gasteiger partial charge on any atom is 0.227 e. The average Bonchev–Trinajstić information content (AvgIpc) is 3.29. The lowest BCUT2D eigenvalue weighted by molar-refractivity contribution is -0.121. The van der Waals surface area contributed by atoms with Crippen LogP contribution in [0, 0.1) is 0 Å². The van der Waals surface area contributed by atoms with Crippen molar-refractivity contribution in [1.29, 1.82) is 0 Å². The van der Waals surface area contributed by atoms with Crippen molar-refractivity contribution in [3.63, 3.8) is 0 Å². The second-order valence-corrected chi connectivity index (χ2v) is 5.41. The predicted octanol–water partition coefficient (Wildman–Crippen LogP) is 3.01. The van der Waals surface area contributed by atoms with Gasteiger partial charge in [0, 0.05) is 31.4 Å². The molecule has 1 amide bonds. The van der Waals surface area contributed by atoms with Crippen molar-refractivity contribution in [3.05, 3.63) is 60.4 Å². The van der Waals surface area contributed by atoms with Crippen LogP contribution in [-0.4, -0.2) is 22.6 Å². The van der Waals surface area contributed by atoms with Crippen molar-refractivity contribution < 1.29 is 13.7 Å². The third-order valence-electron chi connectivity index (χ3n) is 3.57. The minimum Gasteiger partial charge on any atom is -0.469 e. The molecule has 0 spiro atoms. The fourth-order valence-electron chi connectivity index (χ4n) is 2.31. The zero-order valence-corrected chi connectivity index (χ0v) is 13.3. The van der Waals surface area contributed by atoms with Crippen LogP contribution in [0.5, 0.6) is 0 Å². The lowest BCUT2D eigenvalue weighted by Gasteiger charge is -2.02. The van der Waals surface area contributed by atoms with E-state index in [-0.39, 0.29) is 5.91 Å². The average molecular weight is 325 g/mol. The van der Waals surface area contributed by atoms with E-state index in [1.165, 1.54) is 0 Å². The number of hydrogen-bond donors (Lipinski definition) is 1. The summed E-state index contributed by atoms with van der Waals surface area (Å²) in [5.41, 5.74) is 0.929. The van der Waals surface area contributed by atoms with Crippen LogP contribution in [0.1, 0.15) is 24.5 Å². The quantitative estimate of drug-likeness (QED) is 0.644. The molecule has 0 aliphatic heterocycles. The Morgan fingerprint density at radius 3 is 2.75 bits per heavy atom. The lowest BCUT2D eigenvalue weighted by atomic mass is 10.2. The zero-order chi connectivity index (χ0) is 16.6. The first-order valence-electron chi connectivity index (χ1n) is 7.98. The molecule has 0 unspecified atom stereocenters. The summed E-state index contributed by atoms with van der Waals surface area (Å²) >= 11 is 0. The first kappa shape index (κ1) is 16.0. The number of hydrogen-bond acceptors (Lipinski definition) is 5. The van der Waals surface area contributed by atoms with Crippen LogP contribution in [0.25, 0.3) is 11.4 Å². The maximum atomic E-state index is 11.7. The Morgan fingerprint density at radius 1 is 1.08 bits per heavy atom. The first-order valence-corrected chi connectivity index (χ1v) is 7.98. The summed E-state index contributed by atoms with van der Waals surface area (Å²) in [5.74, 6) is 2.01. The topological polar surface area (TPSA) is 81.2 Å². The molecular weight excluding hydrogens is 306 g/mol. The van der Waals surface area contributed by atoms with E-state index >= 15 is 0 Å². The molecule has 6 heteroatoms. The van der Waals surface area contributed by atoms with Crippen LogP contribution >= 0.6 is 0 Å². The van der Waals surface area contributed by atoms with E-state index in [1.807, 2.05) is 42.5 Å². The van der Waals surface area contributed by atoms with Crippen LogP contribution in [0.2, 0.25) is 0 Å². The lowest BCUT2D eigenvalue weighted by Crippen LogP contribution is -2.24. The summed E-state index contributed by atoms with van der Waals surface area (Å²) in [6.07, 6.45) is 4.04. The molecule has 3 aromatic rings. The summed E-state index contributed by atoms with van der Waals surface area (Å²) in [6.45, 7) is 0.583. The molecular formula is C18H19N3O3. The highest BCUT2D eigenvalue weighted by Gasteiger charge is 2.08. The van der Waals surface area contributed by atoms with E-state index in [0.29, 0.717) is 37.5 Å². The van der Waals surface area contributed by atoms with Gasteiger partial charge in [-0.1, -0.05) is 35.5 Å². The van der Waals surface area contributed by atoms with Crippen molar-refractivity contribution in [2.75, 3.05) is 6.54 Å². The molecule has 0 radical (unpaired) electrons. The van der Waals surface area contributed by atoms with Gasteiger partial charge in [0.25, 0.3) is 0 Å². The Morgan fingerprint density at radius 2 is 1.96 bits per heavy atom. The number of benzene rings is 1. The SMILES string of the molecule is O=C(CCc1ccco1)NCCCc1nc(-c2ccccc2)no1. The fraction of sp³-hybridized carbons (Fsp3) is 0.278. The highest BCUT2D eigenvalue weighted by Crippen LogP contribution is 2.15. The summed E-state index contributed by atoms with van der Waals surface area (Å²) in [5, 5.41) is 6.86. The second kappa shape index (κ2) is 8.10. The van der Waals surface area contributed by atoms with Crippen LogP contribution < -0.4 is 5.32 Å². The van der Waals surface area contributed by atoms with Crippen LogP contribution in [-0.2, 0) is 17.6 Å². The fourth-order valence-corrected chi connectivity index (χ4v) is 2.31. The molecule has 2 aromatic heterocycles. The predicted molar refractivity (Wildman–Crippen MR) is 88.1 cm³/mol. The summed E-state index contributed by atoms with van der Waals surface area (Å²) in [7, 11) is 0. The normalized spacial score (nSPS) is 10.7. The van der Waals surface area contributed by atoms with Crippen LogP contribution in [0.15, 0.2) is 57.7 Å². The number of nitrogens with zero attached hydrogens (tertiary/aromatic N) is 2. The van der Waals surface area contributed by atoms with E-state index in [1.54, 1.807) is 6.26 Å². The standard InChI is InChI=1S/C18H19N3O3/c22-16(11-10-15-8-5-13-23-15)19-12-4-9-17-20-18(21-24-17)14-6-2-1-3-7-14/h1-3,5-8,13H,4,9-12H2,(H,19,22). The van der Waals surface area contributed by atoms with Gasteiger partial charge in [-0.25, -0.2) is 0 Å². The Balaban J connectivity index is 1.36. The minimum atomic E-state index is 0.0157. The van der Waals surface area contributed by atoms with Crippen molar-refractivity contribution in [1.82, 2.24) is 15.5 Å². The third-order valence-corrected chi connectivity index (χ3v) is 3.57. The molecule has 124 valence electrons. The van der Waals surface area contributed by atoms with Gasteiger partial charge in [0.1, 0.15) is 5.76 Å². The Labute approximate surface area is 139 Å². The molecule has 0 saturated carbocycles. The van der Waals surface area contributed by atoms with E-state index in [9.17, 15) is 4.79 Å². The smallest absolute Gasteiger partial charge is 0.227 e. The Kier molecular flexibility index (Phi) is 5.40. The minimum absolute atomic E-state index is 0.0157. The van der Waals surface area contributed by atoms with E-state index in [2.05, 4.69) is 15.5 Å². The third kappa shape index (κ3) is 4.55. The molecule has 0 saturated heterocycles. The van der Waals surface area contributed by atoms with Gasteiger partial charge in [0.15, 0.2) is 0 Å². The number of furan rings is 1. The van der Waals surface area contributed by atoms with Crippen molar-refractivity contribution in [2.24, 2.45) is 0 Å². The van der Waals surface area contributed by atoms with Gasteiger partial charge in [0.2, 0.25) is 17.6 Å². The molecule has 6 nitrogen and oxygen atoms in total. The van der Waals surface area contributed by atoms with Gasteiger partial charge in [-0.3, -0.25) is 4.79 Å².